The van der Waals surface area contributed by atoms with Crippen LogP contribution in [0.15, 0.2) is 12.1 Å². The van der Waals surface area contributed by atoms with Gasteiger partial charge in [0.05, 0.1) is 21.3 Å². The van der Waals surface area contributed by atoms with Crippen molar-refractivity contribution in [2.75, 3.05) is 34.4 Å². The van der Waals surface area contributed by atoms with Crippen molar-refractivity contribution in [3.63, 3.8) is 0 Å². The molecule has 2 aliphatic heterocycles. The quantitative estimate of drug-likeness (QED) is 0.759. The Morgan fingerprint density at radius 1 is 0.889 bits per heavy atom. The van der Waals surface area contributed by atoms with E-state index in [0.717, 1.165) is 30.2 Å². The number of ether oxygens (including phenoxy) is 3. The maximum absolute atomic E-state index is 5.46. The molecule has 0 bridgehead atoms. The summed E-state index contributed by atoms with van der Waals surface area (Å²) in [4.78, 5) is 0. The lowest BCUT2D eigenvalue weighted by molar-refractivity contribution is 0.346. The highest BCUT2D eigenvalue weighted by molar-refractivity contribution is 5.52. The summed E-state index contributed by atoms with van der Waals surface area (Å²) in [7, 11) is 4.98. The lowest BCUT2D eigenvalue weighted by Gasteiger charge is -2.14. The van der Waals surface area contributed by atoms with Crippen molar-refractivity contribution in [3.8, 4) is 17.2 Å². The van der Waals surface area contributed by atoms with E-state index in [-0.39, 0.29) is 0 Å². The zero-order valence-electron chi connectivity index (χ0n) is 11.0. The second-order valence-corrected chi connectivity index (χ2v) is 4.50. The van der Waals surface area contributed by atoms with E-state index in [4.69, 9.17) is 14.2 Å². The Morgan fingerprint density at radius 3 is 2.00 bits per heavy atom. The Labute approximate surface area is 107 Å². The van der Waals surface area contributed by atoms with Gasteiger partial charge in [-0.3, -0.25) is 0 Å². The first-order chi connectivity index (χ1) is 8.80. The molecule has 2 atom stereocenters. The third-order valence-corrected chi connectivity index (χ3v) is 3.63. The lowest BCUT2D eigenvalue weighted by atomic mass is 10.1. The van der Waals surface area contributed by atoms with E-state index in [1.807, 2.05) is 12.1 Å². The lowest BCUT2D eigenvalue weighted by Crippen LogP contribution is -2.03. The number of benzene rings is 1. The monoisotopic (exact) mass is 250 g/mol. The van der Waals surface area contributed by atoms with Crippen molar-refractivity contribution in [2.45, 2.75) is 12.6 Å². The molecule has 2 saturated heterocycles. The fraction of sp³-hybridized carbons (Fsp3) is 0.538. The Kier molecular flexibility index (Phi) is 2.80. The fourth-order valence-corrected chi connectivity index (χ4v) is 2.72. The van der Waals surface area contributed by atoms with Gasteiger partial charge in [0.25, 0.3) is 0 Å². The number of methoxy groups -OCH3 is 3. The van der Waals surface area contributed by atoms with E-state index in [0.29, 0.717) is 11.9 Å². The molecule has 2 unspecified atom stereocenters. The molecule has 0 saturated carbocycles. The highest BCUT2D eigenvalue weighted by Gasteiger charge is 2.50. The van der Waals surface area contributed by atoms with Gasteiger partial charge in [0, 0.05) is 24.7 Å². The van der Waals surface area contributed by atoms with Crippen LogP contribution in [0.2, 0.25) is 0 Å². The molecule has 1 aromatic rings. The predicted molar refractivity (Wildman–Crippen MR) is 66.9 cm³/mol. The molecule has 5 nitrogen and oxygen atoms in total. The van der Waals surface area contributed by atoms with Crippen LogP contribution >= 0.6 is 0 Å². The summed E-state index contributed by atoms with van der Waals surface area (Å²) in [5.41, 5.74) is 1.15. The molecule has 0 aromatic heterocycles. The summed E-state index contributed by atoms with van der Waals surface area (Å²) in [6.45, 7) is 2.25. The topological polar surface area (TPSA) is 33.7 Å². The van der Waals surface area contributed by atoms with E-state index >= 15 is 0 Å². The summed E-state index contributed by atoms with van der Waals surface area (Å²) in [5, 5.41) is 4.70. The summed E-state index contributed by atoms with van der Waals surface area (Å²) in [6, 6.07) is 3.91. The number of hydrogen-bond acceptors (Lipinski definition) is 5. The number of rotatable bonds is 4. The minimum Gasteiger partial charge on any atom is -0.496 e. The van der Waals surface area contributed by atoms with Crippen LogP contribution in [0.25, 0.3) is 0 Å². The molecule has 2 heterocycles. The first-order valence-electron chi connectivity index (χ1n) is 6.13. The van der Waals surface area contributed by atoms with Gasteiger partial charge in [0.2, 0.25) is 0 Å². The average Bonchev–Trinajstić information content (AvgIpc) is 2.88. The predicted octanol–water partition coefficient (Wildman–Crippen LogP) is 1.65. The van der Waals surface area contributed by atoms with Crippen molar-refractivity contribution >= 4 is 0 Å². The van der Waals surface area contributed by atoms with Crippen LogP contribution in [0, 0.1) is 0 Å². The highest BCUT2D eigenvalue weighted by atomic mass is 16.5. The second kappa shape index (κ2) is 4.33. The SMILES string of the molecule is COc1cc(OC)c(C2N3CCCN23)cc1OC. The van der Waals surface area contributed by atoms with Gasteiger partial charge in [-0.2, -0.15) is 0 Å². The molecule has 2 aliphatic rings. The number of hydrogen-bond donors (Lipinski definition) is 0. The molecule has 0 radical (unpaired) electrons. The van der Waals surface area contributed by atoms with Crippen molar-refractivity contribution in [2.24, 2.45) is 0 Å². The maximum Gasteiger partial charge on any atom is 0.164 e. The Bertz CT molecular complexity index is 454. The van der Waals surface area contributed by atoms with Crippen LogP contribution in [0.4, 0.5) is 0 Å². The zero-order chi connectivity index (χ0) is 12.7. The number of hydrazine groups is 1. The van der Waals surface area contributed by atoms with Gasteiger partial charge < -0.3 is 14.2 Å². The van der Waals surface area contributed by atoms with Gasteiger partial charge in [-0.05, 0) is 12.5 Å². The molecular weight excluding hydrogens is 232 g/mol. The summed E-state index contributed by atoms with van der Waals surface area (Å²) >= 11 is 0. The molecule has 2 fully saturated rings. The van der Waals surface area contributed by atoms with Crippen molar-refractivity contribution in [3.05, 3.63) is 17.7 Å². The Morgan fingerprint density at radius 2 is 1.44 bits per heavy atom. The van der Waals surface area contributed by atoms with Crippen molar-refractivity contribution < 1.29 is 14.2 Å². The van der Waals surface area contributed by atoms with Crippen LogP contribution in [0.3, 0.4) is 0 Å². The Hall–Kier alpha value is -1.46. The molecule has 0 spiro atoms. The van der Waals surface area contributed by atoms with Gasteiger partial charge in [-0.25, -0.2) is 10.0 Å². The van der Waals surface area contributed by atoms with Gasteiger partial charge in [-0.15, -0.1) is 0 Å². The summed E-state index contributed by atoms with van der Waals surface area (Å²) in [5.74, 6) is 2.31. The summed E-state index contributed by atoms with van der Waals surface area (Å²) < 4.78 is 16.1. The van der Waals surface area contributed by atoms with Crippen LogP contribution in [0.5, 0.6) is 17.2 Å². The first kappa shape index (κ1) is 11.6. The molecule has 1 aromatic carbocycles. The molecule has 0 aliphatic carbocycles. The Balaban J connectivity index is 1.97. The van der Waals surface area contributed by atoms with Gasteiger partial charge in [-0.1, -0.05) is 0 Å². The standard InChI is InChI=1S/C13H18N2O3/c1-16-10-8-12(18-3)11(17-2)7-9(10)13-14-5-4-6-15(13)14/h7-8,13H,4-6H2,1-3H3. The van der Waals surface area contributed by atoms with Crippen molar-refractivity contribution in [1.29, 1.82) is 0 Å². The molecule has 3 rings (SSSR count). The van der Waals surface area contributed by atoms with Gasteiger partial charge >= 0.3 is 0 Å². The molecular formula is C13H18N2O3. The van der Waals surface area contributed by atoms with Crippen LogP contribution < -0.4 is 14.2 Å². The van der Waals surface area contributed by atoms with Crippen LogP contribution in [-0.4, -0.2) is 44.4 Å². The van der Waals surface area contributed by atoms with E-state index in [1.54, 1.807) is 21.3 Å². The van der Waals surface area contributed by atoms with E-state index < -0.39 is 0 Å². The van der Waals surface area contributed by atoms with Crippen LogP contribution in [0.1, 0.15) is 18.2 Å². The molecule has 0 N–H and O–H groups in total. The number of nitrogens with zero attached hydrogens (tertiary/aromatic N) is 2. The van der Waals surface area contributed by atoms with Crippen molar-refractivity contribution in [1.82, 2.24) is 10.0 Å². The molecule has 18 heavy (non-hydrogen) atoms. The second-order valence-electron chi connectivity index (χ2n) is 4.50. The smallest absolute Gasteiger partial charge is 0.164 e. The van der Waals surface area contributed by atoms with E-state index in [9.17, 15) is 0 Å². The molecule has 5 heteroatoms. The largest absolute Gasteiger partial charge is 0.496 e. The fourth-order valence-electron chi connectivity index (χ4n) is 2.72. The molecule has 98 valence electrons. The van der Waals surface area contributed by atoms with Gasteiger partial charge in [0.1, 0.15) is 11.9 Å². The minimum absolute atomic E-state index is 0.341. The van der Waals surface area contributed by atoms with Crippen LogP contribution in [-0.2, 0) is 0 Å². The third kappa shape index (κ3) is 1.62. The summed E-state index contributed by atoms with van der Waals surface area (Å²) in [6.07, 6.45) is 1.58. The van der Waals surface area contributed by atoms with E-state index in [1.165, 1.54) is 6.42 Å². The van der Waals surface area contributed by atoms with Gasteiger partial charge in [0.15, 0.2) is 11.5 Å². The normalized spacial score (nSPS) is 28.7. The average molecular weight is 250 g/mol. The minimum atomic E-state index is 0.341. The van der Waals surface area contributed by atoms with E-state index in [2.05, 4.69) is 10.0 Å². The maximum atomic E-state index is 5.46. The molecule has 0 amide bonds. The number of fused-ring (bicyclic) bond motifs is 1. The third-order valence-electron chi connectivity index (χ3n) is 3.63. The zero-order valence-corrected chi connectivity index (χ0v) is 11.0. The highest BCUT2D eigenvalue weighted by Crippen LogP contribution is 2.50. The first-order valence-corrected chi connectivity index (χ1v) is 6.13.